The molecular formula is C25H24ClNO9. The number of halogens is 1. The van der Waals surface area contributed by atoms with Crippen LogP contribution in [0.2, 0.25) is 5.02 Å². The van der Waals surface area contributed by atoms with E-state index in [1.165, 1.54) is 6.08 Å². The van der Waals surface area contributed by atoms with E-state index in [2.05, 4.69) is 11.6 Å². The average Bonchev–Trinajstić information content (AvgIpc) is 3.30. The molecular weight excluding hydrogens is 494 g/mol. The highest BCUT2D eigenvalue weighted by Gasteiger charge is 2.49. The molecule has 2 aromatic carbocycles. The van der Waals surface area contributed by atoms with Crippen LogP contribution in [0.25, 0.3) is 22.6 Å². The number of fused-ring (bicyclic) bond motifs is 1. The maximum Gasteiger partial charge on any atom is 0.338 e. The Morgan fingerprint density at radius 1 is 1.14 bits per heavy atom. The number of rotatable bonds is 7. The highest BCUT2D eigenvalue weighted by atomic mass is 35.5. The molecule has 1 saturated heterocycles. The Balaban J connectivity index is 1.48. The van der Waals surface area contributed by atoms with E-state index in [0.29, 0.717) is 27.6 Å². The molecule has 4 rings (SSSR count). The van der Waals surface area contributed by atoms with E-state index < -0.39 is 48.6 Å². The minimum atomic E-state index is -1.81. The number of hydrogen-bond acceptors (Lipinski definition) is 10. The molecule has 2 heterocycles. The van der Waals surface area contributed by atoms with Crippen LogP contribution in [0.5, 0.6) is 0 Å². The Kier molecular flexibility index (Phi) is 7.72. The summed E-state index contributed by atoms with van der Waals surface area (Å²) < 4.78 is 21.2. The van der Waals surface area contributed by atoms with Gasteiger partial charge in [0.1, 0.15) is 30.4 Å². The molecule has 1 aromatic heterocycles. The molecule has 0 bridgehead atoms. The molecule has 0 aliphatic carbocycles. The van der Waals surface area contributed by atoms with Gasteiger partial charge in [-0.3, -0.25) is 4.79 Å². The molecule has 11 heteroatoms. The lowest BCUT2D eigenvalue weighted by molar-refractivity contribution is -0.287. The minimum Gasteiger partial charge on any atom is -0.459 e. The zero-order valence-corrected chi connectivity index (χ0v) is 19.9. The fourth-order valence-electron chi connectivity index (χ4n) is 3.65. The quantitative estimate of drug-likeness (QED) is 0.315. The van der Waals surface area contributed by atoms with E-state index in [4.69, 9.17) is 30.2 Å². The van der Waals surface area contributed by atoms with Gasteiger partial charge >= 0.3 is 11.9 Å². The summed E-state index contributed by atoms with van der Waals surface area (Å²) in [6.07, 6.45) is -7.47. The summed E-state index contributed by atoms with van der Waals surface area (Å²) in [5.41, 5.74) is 2.29. The van der Waals surface area contributed by atoms with Crippen LogP contribution in [0.1, 0.15) is 18.4 Å². The summed E-state index contributed by atoms with van der Waals surface area (Å²) in [7, 11) is 0. The van der Waals surface area contributed by atoms with Crippen LogP contribution < -0.4 is 0 Å². The number of nitrogens with zero attached hydrogens (tertiary/aromatic N) is 1. The average molecular weight is 518 g/mol. The largest absolute Gasteiger partial charge is 0.459 e. The number of oxazole rings is 1. The second kappa shape index (κ2) is 10.8. The monoisotopic (exact) mass is 517 g/mol. The maximum absolute atomic E-state index is 12.8. The standard InChI is InChI=1S/C25H24ClNO9/c1-3-10-33-24(32)21-19(29)18(28)20(30)25(35-21)36-23(31)12(2)14-6-9-17-16(11-14)27-22(34-17)13-4-7-15(26)8-5-13/h3-9,11-12,18-21,25,28-30H,1,10H2,2H3/t12?,18-,19-,20+,21-,25-/m0/s1. The smallest absolute Gasteiger partial charge is 0.338 e. The van der Waals surface area contributed by atoms with Crippen LogP contribution in [0, 0.1) is 0 Å². The Hall–Kier alpha value is -3.28. The van der Waals surface area contributed by atoms with Crippen LogP contribution in [-0.4, -0.2) is 69.6 Å². The Morgan fingerprint density at radius 2 is 1.86 bits per heavy atom. The number of aromatic nitrogens is 1. The first kappa shape index (κ1) is 25.8. The fourth-order valence-corrected chi connectivity index (χ4v) is 3.77. The summed E-state index contributed by atoms with van der Waals surface area (Å²) in [5, 5.41) is 31.1. The lowest BCUT2D eigenvalue weighted by Crippen LogP contribution is -2.61. The number of ether oxygens (including phenoxy) is 3. The summed E-state index contributed by atoms with van der Waals surface area (Å²) in [6.45, 7) is 4.82. The molecule has 3 N–H and O–H groups in total. The third-order valence-corrected chi connectivity index (χ3v) is 5.99. The first-order valence-corrected chi connectivity index (χ1v) is 11.4. The second-order valence-corrected chi connectivity index (χ2v) is 8.66. The number of carbonyl (C=O) groups is 2. The van der Waals surface area contributed by atoms with Gasteiger partial charge in [-0.15, -0.1) is 0 Å². The summed E-state index contributed by atoms with van der Waals surface area (Å²) >= 11 is 5.93. The van der Waals surface area contributed by atoms with Crippen molar-refractivity contribution in [2.45, 2.75) is 43.5 Å². The van der Waals surface area contributed by atoms with Gasteiger partial charge in [-0.25, -0.2) is 9.78 Å². The van der Waals surface area contributed by atoms with E-state index in [1.54, 1.807) is 49.4 Å². The zero-order chi connectivity index (χ0) is 26.0. The van der Waals surface area contributed by atoms with Gasteiger partial charge in [0, 0.05) is 10.6 Å². The van der Waals surface area contributed by atoms with Gasteiger partial charge in [-0.2, -0.15) is 0 Å². The van der Waals surface area contributed by atoms with Crippen molar-refractivity contribution in [2.24, 2.45) is 0 Å². The number of aliphatic hydroxyl groups is 3. The van der Waals surface area contributed by atoms with Crippen LogP contribution in [0.4, 0.5) is 0 Å². The van der Waals surface area contributed by atoms with E-state index in [9.17, 15) is 24.9 Å². The number of carbonyl (C=O) groups excluding carboxylic acids is 2. The first-order chi connectivity index (χ1) is 17.2. The zero-order valence-electron chi connectivity index (χ0n) is 19.1. The topological polar surface area (TPSA) is 149 Å². The number of benzene rings is 2. The SMILES string of the molecule is C=CCOC(=O)[C@H]1O[C@@H](OC(=O)C(C)c2ccc3oc(-c4ccc(Cl)cc4)nc3c2)[C@H](O)[C@@H](O)[C@@H]1O. The van der Waals surface area contributed by atoms with E-state index >= 15 is 0 Å². The van der Waals surface area contributed by atoms with Gasteiger partial charge in [0.15, 0.2) is 11.7 Å². The molecule has 36 heavy (non-hydrogen) atoms. The van der Waals surface area contributed by atoms with Gasteiger partial charge in [-0.1, -0.05) is 30.3 Å². The van der Waals surface area contributed by atoms with Crippen molar-refractivity contribution in [2.75, 3.05) is 6.61 Å². The third kappa shape index (κ3) is 5.28. The highest BCUT2D eigenvalue weighted by Crippen LogP contribution is 2.29. The lowest BCUT2D eigenvalue weighted by atomic mass is 9.98. The van der Waals surface area contributed by atoms with Crippen LogP contribution in [0.3, 0.4) is 0 Å². The summed E-state index contributed by atoms with van der Waals surface area (Å²) in [4.78, 5) is 29.5. The fraction of sp³-hybridized carbons (Fsp3) is 0.320. The molecule has 0 spiro atoms. The molecule has 3 aromatic rings. The summed E-state index contributed by atoms with van der Waals surface area (Å²) in [6, 6.07) is 12.0. The van der Waals surface area contributed by atoms with E-state index in [1.807, 2.05) is 0 Å². The molecule has 190 valence electrons. The predicted octanol–water partition coefficient (Wildman–Crippen LogP) is 2.33. The van der Waals surface area contributed by atoms with Crippen molar-refractivity contribution in [3.8, 4) is 11.5 Å². The third-order valence-electron chi connectivity index (χ3n) is 5.73. The number of esters is 2. The van der Waals surface area contributed by atoms with Crippen molar-refractivity contribution in [3.05, 3.63) is 65.7 Å². The molecule has 10 nitrogen and oxygen atoms in total. The molecule has 0 radical (unpaired) electrons. The summed E-state index contributed by atoms with van der Waals surface area (Å²) in [5.74, 6) is -2.26. The van der Waals surface area contributed by atoms with Crippen molar-refractivity contribution in [1.29, 1.82) is 0 Å². The molecule has 0 saturated carbocycles. The van der Waals surface area contributed by atoms with E-state index in [-0.39, 0.29) is 6.61 Å². The van der Waals surface area contributed by atoms with Gasteiger partial charge < -0.3 is 33.9 Å². The molecule has 0 amide bonds. The van der Waals surface area contributed by atoms with Crippen molar-refractivity contribution in [3.63, 3.8) is 0 Å². The predicted molar refractivity (Wildman–Crippen MR) is 127 cm³/mol. The first-order valence-electron chi connectivity index (χ1n) is 11.0. The normalized spacial score (nSPS) is 24.8. The lowest BCUT2D eigenvalue weighted by Gasteiger charge is -2.38. The number of hydrogen-bond donors (Lipinski definition) is 3. The second-order valence-electron chi connectivity index (χ2n) is 8.23. The Morgan fingerprint density at radius 3 is 2.56 bits per heavy atom. The highest BCUT2D eigenvalue weighted by molar-refractivity contribution is 6.30. The molecule has 6 atom stereocenters. The van der Waals surface area contributed by atoms with Crippen molar-refractivity contribution in [1.82, 2.24) is 4.98 Å². The van der Waals surface area contributed by atoms with Gasteiger partial charge in [-0.05, 0) is 48.9 Å². The van der Waals surface area contributed by atoms with E-state index in [0.717, 1.165) is 5.56 Å². The minimum absolute atomic E-state index is 0.157. The number of aliphatic hydroxyl groups excluding tert-OH is 3. The molecule has 1 unspecified atom stereocenters. The maximum atomic E-state index is 12.8. The van der Waals surface area contributed by atoms with Gasteiger partial charge in [0.2, 0.25) is 12.2 Å². The van der Waals surface area contributed by atoms with Crippen molar-refractivity contribution < 1.29 is 43.5 Å². The molecule has 1 aliphatic rings. The van der Waals surface area contributed by atoms with Gasteiger partial charge in [0.05, 0.1) is 5.92 Å². The van der Waals surface area contributed by atoms with Crippen LogP contribution >= 0.6 is 11.6 Å². The Labute approximate surface area is 210 Å². The molecule has 1 aliphatic heterocycles. The Bertz CT molecular complexity index is 1260. The van der Waals surface area contributed by atoms with Crippen LogP contribution in [0.15, 0.2) is 59.5 Å². The van der Waals surface area contributed by atoms with Crippen LogP contribution in [-0.2, 0) is 23.8 Å². The molecule has 1 fully saturated rings. The van der Waals surface area contributed by atoms with Gasteiger partial charge in [0.25, 0.3) is 0 Å². The van der Waals surface area contributed by atoms with Crippen molar-refractivity contribution >= 4 is 34.6 Å².